The van der Waals surface area contributed by atoms with Crippen molar-refractivity contribution in [2.24, 2.45) is 5.92 Å². The summed E-state index contributed by atoms with van der Waals surface area (Å²) in [5, 5.41) is 11.4. The molecule has 1 N–H and O–H groups in total. The molecule has 0 spiro atoms. The van der Waals surface area contributed by atoms with Crippen LogP contribution in [0.3, 0.4) is 0 Å². The number of aromatic nitrogens is 3. The summed E-state index contributed by atoms with van der Waals surface area (Å²) in [7, 11) is 0. The van der Waals surface area contributed by atoms with E-state index >= 15 is 0 Å². The molecule has 1 aliphatic carbocycles. The molecule has 1 fully saturated rings. The minimum Gasteiger partial charge on any atom is -0.347 e. The van der Waals surface area contributed by atoms with E-state index in [4.69, 9.17) is 11.6 Å². The van der Waals surface area contributed by atoms with Crippen molar-refractivity contribution in [2.45, 2.75) is 45.2 Å². The fourth-order valence-electron chi connectivity index (χ4n) is 3.37. The fourth-order valence-corrected chi connectivity index (χ4v) is 3.57. The Kier molecular flexibility index (Phi) is 5.48. The van der Waals surface area contributed by atoms with Crippen molar-refractivity contribution in [1.29, 1.82) is 0 Å². The Labute approximate surface area is 151 Å². The molecule has 25 heavy (non-hydrogen) atoms. The van der Waals surface area contributed by atoms with Crippen LogP contribution in [0.25, 0.3) is 0 Å². The molecule has 6 nitrogen and oxygen atoms in total. The van der Waals surface area contributed by atoms with Gasteiger partial charge in [-0.05, 0) is 36.5 Å². The van der Waals surface area contributed by atoms with E-state index in [-0.39, 0.29) is 30.0 Å². The number of carbonyl (C=O) groups is 2. The Morgan fingerprint density at radius 1 is 1.36 bits per heavy atom. The van der Waals surface area contributed by atoms with Crippen molar-refractivity contribution in [3.63, 3.8) is 0 Å². The molecular weight excluding hydrogens is 340 g/mol. The van der Waals surface area contributed by atoms with Crippen LogP contribution in [0.2, 0.25) is 5.02 Å². The van der Waals surface area contributed by atoms with E-state index in [1.807, 2.05) is 24.3 Å². The van der Waals surface area contributed by atoms with Gasteiger partial charge in [0.25, 0.3) is 0 Å². The highest BCUT2D eigenvalue weighted by atomic mass is 35.5. The van der Waals surface area contributed by atoms with Crippen molar-refractivity contribution in [1.82, 2.24) is 20.3 Å². The highest BCUT2D eigenvalue weighted by Crippen LogP contribution is 2.36. The smallest absolute Gasteiger partial charge is 0.242 e. The topological polar surface area (TPSA) is 76.9 Å². The van der Waals surface area contributed by atoms with Gasteiger partial charge in [0.2, 0.25) is 5.91 Å². The molecule has 0 radical (unpaired) electrons. The number of hydrogen-bond acceptors (Lipinski definition) is 4. The molecule has 1 aliphatic rings. The second-order valence-electron chi connectivity index (χ2n) is 6.50. The molecule has 1 atom stereocenters. The molecule has 1 heterocycles. The summed E-state index contributed by atoms with van der Waals surface area (Å²) in [5.74, 6) is 0.0808. The Morgan fingerprint density at radius 2 is 2.12 bits per heavy atom. The number of ketones is 1. The number of Topliss-reactive ketones (excluding diaryl/α,β-unsaturated/α-hetero) is 1. The van der Waals surface area contributed by atoms with Crippen LogP contribution in [0.4, 0.5) is 0 Å². The summed E-state index contributed by atoms with van der Waals surface area (Å²) in [6.45, 7) is 1.45. The average Bonchev–Trinajstić information content (AvgIpc) is 3.24. The van der Waals surface area contributed by atoms with Crippen molar-refractivity contribution in [2.75, 3.05) is 0 Å². The molecule has 1 aromatic carbocycles. The van der Waals surface area contributed by atoms with Crippen LogP contribution in [-0.2, 0) is 11.3 Å². The van der Waals surface area contributed by atoms with E-state index in [9.17, 15) is 9.59 Å². The third-order valence-electron chi connectivity index (χ3n) is 4.60. The summed E-state index contributed by atoms with van der Waals surface area (Å²) in [5.41, 5.74) is 1.28. The predicted molar refractivity (Wildman–Crippen MR) is 94.3 cm³/mol. The van der Waals surface area contributed by atoms with Gasteiger partial charge in [-0.25, -0.2) is 4.68 Å². The minimum atomic E-state index is -0.172. The quantitative estimate of drug-likeness (QED) is 0.802. The zero-order valence-electron chi connectivity index (χ0n) is 14.1. The fraction of sp³-hybridized carbons (Fsp3) is 0.444. The maximum Gasteiger partial charge on any atom is 0.242 e. The van der Waals surface area contributed by atoms with Gasteiger partial charge in [0, 0.05) is 11.9 Å². The summed E-state index contributed by atoms with van der Waals surface area (Å²) in [6, 6.07) is 7.58. The molecule has 7 heteroatoms. The Bertz CT molecular complexity index is 768. The lowest BCUT2D eigenvalue weighted by Crippen LogP contribution is -2.35. The summed E-state index contributed by atoms with van der Waals surface area (Å²) < 4.78 is 1.38. The number of amides is 1. The van der Waals surface area contributed by atoms with Gasteiger partial charge in [0.1, 0.15) is 12.2 Å². The number of nitrogens with one attached hydrogen (secondary N) is 1. The first-order chi connectivity index (χ1) is 12.0. The maximum absolute atomic E-state index is 12.5. The first-order valence-corrected chi connectivity index (χ1v) is 8.86. The van der Waals surface area contributed by atoms with Gasteiger partial charge in [-0.3, -0.25) is 9.59 Å². The van der Waals surface area contributed by atoms with E-state index in [0.29, 0.717) is 10.9 Å². The summed E-state index contributed by atoms with van der Waals surface area (Å²) in [6.07, 6.45) is 6.04. The summed E-state index contributed by atoms with van der Waals surface area (Å²) in [4.78, 5) is 23.8. The van der Waals surface area contributed by atoms with Crippen molar-refractivity contribution in [3.05, 3.63) is 46.7 Å². The van der Waals surface area contributed by atoms with E-state index in [1.54, 1.807) is 0 Å². The third kappa shape index (κ3) is 4.45. The Hall–Kier alpha value is -2.21. The number of halogens is 1. The van der Waals surface area contributed by atoms with Gasteiger partial charge in [-0.1, -0.05) is 41.8 Å². The van der Waals surface area contributed by atoms with Crippen LogP contribution >= 0.6 is 11.6 Å². The second-order valence-corrected chi connectivity index (χ2v) is 6.94. The van der Waals surface area contributed by atoms with Crippen molar-refractivity contribution >= 4 is 23.3 Å². The van der Waals surface area contributed by atoms with Crippen molar-refractivity contribution in [3.8, 4) is 0 Å². The van der Waals surface area contributed by atoms with Gasteiger partial charge in [0.15, 0.2) is 5.78 Å². The molecule has 1 saturated carbocycles. The van der Waals surface area contributed by atoms with Crippen LogP contribution in [0.5, 0.6) is 0 Å². The standard InChI is InChI=1S/C18H21ClN4O2/c1-12(24)16-10-23(22-21-16)11-17(25)20-18(13-5-2-3-6-13)14-7-4-8-15(19)9-14/h4,7-10,13,18H,2-3,5-6,11H2,1H3,(H,20,25)/t18-/m0/s1. The third-order valence-corrected chi connectivity index (χ3v) is 4.84. The second kappa shape index (κ2) is 7.78. The zero-order chi connectivity index (χ0) is 17.8. The monoisotopic (exact) mass is 360 g/mol. The van der Waals surface area contributed by atoms with Crippen LogP contribution in [-0.4, -0.2) is 26.7 Å². The largest absolute Gasteiger partial charge is 0.347 e. The lowest BCUT2D eigenvalue weighted by Gasteiger charge is -2.25. The average molecular weight is 361 g/mol. The number of nitrogens with zero attached hydrogens (tertiary/aromatic N) is 3. The van der Waals surface area contributed by atoms with Gasteiger partial charge in [0.05, 0.1) is 12.2 Å². The highest BCUT2D eigenvalue weighted by molar-refractivity contribution is 6.30. The molecule has 2 aromatic rings. The van der Waals surface area contributed by atoms with Crippen LogP contribution in [0.1, 0.15) is 54.7 Å². The van der Waals surface area contributed by atoms with Crippen LogP contribution in [0.15, 0.2) is 30.5 Å². The molecule has 0 unspecified atom stereocenters. The van der Waals surface area contributed by atoms with Gasteiger partial charge in [-0.2, -0.15) is 0 Å². The lowest BCUT2D eigenvalue weighted by atomic mass is 9.91. The normalized spacial score (nSPS) is 15.9. The predicted octanol–water partition coefficient (Wildman–Crippen LogP) is 3.18. The summed E-state index contributed by atoms with van der Waals surface area (Å²) >= 11 is 6.13. The lowest BCUT2D eigenvalue weighted by molar-refractivity contribution is -0.123. The first kappa shape index (κ1) is 17.6. The number of hydrogen-bond donors (Lipinski definition) is 1. The van der Waals surface area contributed by atoms with E-state index in [0.717, 1.165) is 18.4 Å². The Morgan fingerprint density at radius 3 is 2.76 bits per heavy atom. The van der Waals surface area contributed by atoms with E-state index in [2.05, 4.69) is 15.6 Å². The zero-order valence-corrected chi connectivity index (χ0v) is 14.9. The number of benzene rings is 1. The van der Waals surface area contributed by atoms with Crippen LogP contribution < -0.4 is 5.32 Å². The van der Waals surface area contributed by atoms with Crippen molar-refractivity contribution < 1.29 is 9.59 Å². The Balaban J connectivity index is 1.72. The molecule has 1 amide bonds. The number of carbonyl (C=O) groups excluding carboxylic acids is 2. The van der Waals surface area contributed by atoms with Gasteiger partial charge < -0.3 is 5.32 Å². The minimum absolute atomic E-state index is 0.0318. The molecule has 0 saturated heterocycles. The molecule has 3 rings (SSSR count). The molecule has 1 aromatic heterocycles. The molecule has 0 aliphatic heterocycles. The SMILES string of the molecule is CC(=O)c1cn(CC(=O)N[C@H](c2cccc(Cl)c2)C2CCCC2)nn1. The highest BCUT2D eigenvalue weighted by Gasteiger charge is 2.28. The van der Waals surface area contributed by atoms with Crippen LogP contribution in [0, 0.1) is 5.92 Å². The van der Waals surface area contributed by atoms with E-state index in [1.165, 1.54) is 30.6 Å². The van der Waals surface area contributed by atoms with Gasteiger partial charge in [-0.15, -0.1) is 5.10 Å². The van der Waals surface area contributed by atoms with E-state index < -0.39 is 0 Å². The molecular formula is C18H21ClN4O2. The molecule has 132 valence electrons. The molecule has 0 bridgehead atoms. The van der Waals surface area contributed by atoms with Gasteiger partial charge >= 0.3 is 0 Å². The first-order valence-electron chi connectivity index (χ1n) is 8.49. The number of rotatable bonds is 6. The maximum atomic E-state index is 12.5.